The number of likely N-dealkylation sites (N-methyl/N-ethyl adjacent to an activating group) is 1. The van der Waals surface area contributed by atoms with Gasteiger partial charge in [0.15, 0.2) is 0 Å². The number of hydrogen-bond donors (Lipinski definition) is 1. The molecule has 1 aromatic rings. The molecule has 3 nitrogen and oxygen atoms in total. The number of aliphatic hydroxyl groups is 1. The first kappa shape index (κ1) is 14.8. The summed E-state index contributed by atoms with van der Waals surface area (Å²) in [5.41, 5.74) is 2.49. The van der Waals surface area contributed by atoms with E-state index < -0.39 is 0 Å². The highest BCUT2D eigenvalue weighted by Gasteiger charge is 2.26. The van der Waals surface area contributed by atoms with E-state index in [0.29, 0.717) is 6.04 Å². The Morgan fingerprint density at radius 2 is 2.16 bits per heavy atom. The number of aliphatic hydroxyl groups excluding tert-OH is 1. The highest BCUT2D eigenvalue weighted by atomic mass is 79.9. The third-order valence-corrected chi connectivity index (χ3v) is 4.81. The summed E-state index contributed by atoms with van der Waals surface area (Å²) >= 11 is 3.66. The van der Waals surface area contributed by atoms with Gasteiger partial charge >= 0.3 is 0 Å². The number of halogens is 1. The van der Waals surface area contributed by atoms with E-state index in [1.54, 1.807) is 0 Å². The summed E-state index contributed by atoms with van der Waals surface area (Å²) in [5.74, 6) is 0. The summed E-state index contributed by atoms with van der Waals surface area (Å²) < 4.78 is 1.14. The van der Waals surface area contributed by atoms with Crippen LogP contribution in [0.2, 0.25) is 0 Å². The maximum absolute atomic E-state index is 9.60. The van der Waals surface area contributed by atoms with Crippen LogP contribution in [-0.2, 0) is 0 Å². The fourth-order valence-corrected chi connectivity index (χ4v) is 3.40. The van der Waals surface area contributed by atoms with Crippen LogP contribution in [0.3, 0.4) is 0 Å². The smallest absolute Gasteiger partial charge is 0.0604 e. The molecule has 0 aliphatic carbocycles. The van der Waals surface area contributed by atoms with Crippen LogP contribution >= 0.6 is 15.9 Å². The number of aryl methyl sites for hydroxylation is 1. The molecule has 0 aromatic heterocycles. The molecule has 19 heavy (non-hydrogen) atoms. The maximum atomic E-state index is 9.60. The molecule has 1 aromatic carbocycles. The molecular weight excluding hydrogens is 304 g/mol. The van der Waals surface area contributed by atoms with E-state index in [2.05, 4.69) is 64.8 Å². The largest absolute Gasteiger partial charge is 0.395 e. The van der Waals surface area contributed by atoms with Gasteiger partial charge in [0.2, 0.25) is 0 Å². The monoisotopic (exact) mass is 326 g/mol. The van der Waals surface area contributed by atoms with Gasteiger partial charge < -0.3 is 10.0 Å². The molecule has 0 bridgehead atoms. The Bertz CT molecular complexity index is 438. The minimum absolute atomic E-state index is 0.200. The molecule has 2 rings (SSSR count). The second-order valence-electron chi connectivity index (χ2n) is 5.54. The Hall–Kier alpha value is -0.580. The van der Waals surface area contributed by atoms with E-state index in [0.717, 1.165) is 24.0 Å². The van der Waals surface area contributed by atoms with Crippen molar-refractivity contribution in [3.63, 3.8) is 0 Å². The lowest BCUT2D eigenvalue weighted by atomic mass is 10.2. The van der Waals surface area contributed by atoms with E-state index in [-0.39, 0.29) is 12.6 Å². The van der Waals surface area contributed by atoms with Crippen molar-refractivity contribution in [1.29, 1.82) is 0 Å². The van der Waals surface area contributed by atoms with Crippen LogP contribution in [0, 0.1) is 6.92 Å². The summed E-state index contributed by atoms with van der Waals surface area (Å²) in [6.07, 6.45) is 1.12. The molecule has 0 saturated carbocycles. The molecule has 2 atom stereocenters. The number of anilines is 1. The Balaban J connectivity index is 2.24. The summed E-state index contributed by atoms with van der Waals surface area (Å²) in [4.78, 5) is 4.67. The van der Waals surface area contributed by atoms with E-state index in [4.69, 9.17) is 0 Å². The first-order valence-corrected chi connectivity index (χ1v) is 7.66. The lowest BCUT2D eigenvalue weighted by Crippen LogP contribution is -2.44. The zero-order valence-electron chi connectivity index (χ0n) is 11.9. The van der Waals surface area contributed by atoms with Gasteiger partial charge in [0.25, 0.3) is 0 Å². The second kappa shape index (κ2) is 6.25. The van der Waals surface area contributed by atoms with Gasteiger partial charge in [0.1, 0.15) is 0 Å². The van der Waals surface area contributed by atoms with Crippen LogP contribution in [0.5, 0.6) is 0 Å². The second-order valence-corrected chi connectivity index (χ2v) is 6.39. The number of benzene rings is 1. The standard InChI is InChI=1S/C15H23BrN2O/c1-11-4-5-15(14(16)8-11)18-7-6-12(2)17(3)13(9-18)10-19/h4-5,8,12-13,19H,6-7,9-10H2,1-3H3. The highest BCUT2D eigenvalue weighted by molar-refractivity contribution is 9.10. The average molecular weight is 327 g/mol. The van der Waals surface area contributed by atoms with Gasteiger partial charge in [-0.25, -0.2) is 0 Å². The van der Waals surface area contributed by atoms with Crippen molar-refractivity contribution in [3.05, 3.63) is 28.2 Å². The minimum Gasteiger partial charge on any atom is -0.395 e. The predicted molar refractivity (Wildman–Crippen MR) is 83.8 cm³/mol. The lowest BCUT2D eigenvalue weighted by molar-refractivity contribution is 0.127. The Morgan fingerprint density at radius 3 is 2.79 bits per heavy atom. The summed E-state index contributed by atoms with van der Waals surface area (Å²) in [7, 11) is 2.11. The van der Waals surface area contributed by atoms with Crippen LogP contribution in [0.1, 0.15) is 18.9 Å². The molecule has 106 valence electrons. The normalized spacial score (nSPS) is 25.4. The molecule has 1 fully saturated rings. The first-order chi connectivity index (χ1) is 9.02. The summed E-state index contributed by atoms with van der Waals surface area (Å²) in [5, 5.41) is 9.60. The zero-order chi connectivity index (χ0) is 14.0. The maximum Gasteiger partial charge on any atom is 0.0604 e. The topological polar surface area (TPSA) is 26.7 Å². The average Bonchev–Trinajstić information content (AvgIpc) is 2.51. The highest BCUT2D eigenvalue weighted by Crippen LogP contribution is 2.29. The van der Waals surface area contributed by atoms with Crippen LogP contribution < -0.4 is 4.90 Å². The van der Waals surface area contributed by atoms with E-state index in [9.17, 15) is 5.11 Å². The van der Waals surface area contributed by atoms with Gasteiger partial charge in [-0.2, -0.15) is 0 Å². The fourth-order valence-electron chi connectivity index (χ4n) is 2.65. The van der Waals surface area contributed by atoms with Gasteiger partial charge in [0, 0.05) is 23.6 Å². The van der Waals surface area contributed by atoms with Crippen molar-refractivity contribution in [2.75, 3.05) is 31.6 Å². The van der Waals surface area contributed by atoms with E-state index in [1.165, 1.54) is 11.3 Å². The van der Waals surface area contributed by atoms with Crippen LogP contribution in [0.4, 0.5) is 5.69 Å². The first-order valence-electron chi connectivity index (χ1n) is 6.87. The lowest BCUT2D eigenvalue weighted by Gasteiger charge is -2.31. The molecule has 2 unspecified atom stereocenters. The Kier molecular flexibility index (Phi) is 4.87. The van der Waals surface area contributed by atoms with E-state index >= 15 is 0 Å². The molecule has 1 N–H and O–H groups in total. The summed E-state index contributed by atoms with van der Waals surface area (Å²) in [6, 6.07) is 7.18. The van der Waals surface area contributed by atoms with Gasteiger partial charge in [-0.1, -0.05) is 6.07 Å². The molecular formula is C15H23BrN2O. The van der Waals surface area contributed by atoms with Crippen molar-refractivity contribution in [1.82, 2.24) is 4.90 Å². The van der Waals surface area contributed by atoms with Gasteiger partial charge in [-0.05, 0) is 60.9 Å². The Labute approximate surface area is 124 Å². The third kappa shape index (κ3) is 3.30. The SMILES string of the molecule is Cc1ccc(N2CCC(C)N(C)C(CO)C2)c(Br)c1. The molecule has 0 spiro atoms. The molecule has 1 heterocycles. The van der Waals surface area contributed by atoms with Crippen LogP contribution in [0.15, 0.2) is 22.7 Å². The van der Waals surface area contributed by atoms with Crippen molar-refractivity contribution >= 4 is 21.6 Å². The third-order valence-electron chi connectivity index (χ3n) is 4.17. The minimum atomic E-state index is 0.200. The molecule has 1 saturated heterocycles. The quantitative estimate of drug-likeness (QED) is 0.905. The van der Waals surface area contributed by atoms with Gasteiger partial charge in [0.05, 0.1) is 18.3 Å². The van der Waals surface area contributed by atoms with Crippen molar-refractivity contribution in [3.8, 4) is 0 Å². The zero-order valence-corrected chi connectivity index (χ0v) is 13.5. The number of hydrogen-bond acceptors (Lipinski definition) is 3. The molecule has 0 radical (unpaired) electrons. The van der Waals surface area contributed by atoms with Crippen molar-refractivity contribution in [2.45, 2.75) is 32.4 Å². The molecule has 1 aliphatic rings. The van der Waals surface area contributed by atoms with Gasteiger partial charge in [-0.3, -0.25) is 4.90 Å². The molecule has 1 aliphatic heterocycles. The van der Waals surface area contributed by atoms with Crippen molar-refractivity contribution < 1.29 is 5.11 Å². The van der Waals surface area contributed by atoms with Crippen molar-refractivity contribution in [2.24, 2.45) is 0 Å². The number of nitrogens with zero attached hydrogens (tertiary/aromatic N) is 2. The summed E-state index contributed by atoms with van der Waals surface area (Å²) in [6.45, 7) is 6.45. The van der Waals surface area contributed by atoms with Crippen LogP contribution in [0.25, 0.3) is 0 Å². The predicted octanol–water partition coefficient (Wildman–Crippen LogP) is 2.65. The molecule has 4 heteroatoms. The van der Waals surface area contributed by atoms with Gasteiger partial charge in [-0.15, -0.1) is 0 Å². The number of rotatable bonds is 2. The molecule has 0 amide bonds. The Morgan fingerprint density at radius 1 is 1.42 bits per heavy atom. The van der Waals surface area contributed by atoms with E-state index in [1.807, 2.05) is 0 Å². The van der Waals surface area contributed by atoms with Crippen LogP contribution in [-0.4, -0.2) is 48.8 Å². The fraction of sp³-hybridized carbons (Fsp3) is 0.600.